The van der Waals surface area contributed by atoms with Crippen LogP contribution in [0.1, 0.15) is 16.7 Å². The molecule has 5 heterocycles. The zero-order chi connectivity index (χ0) is 24.2. The smallest absolute Gasteiger partial charge is 0.165 e. The standard InChI is InChI=1S/C27H26FN5O2S/c1-34-18-14-32(15-18)13-16-11-20-23-24(36-27(20)29-12-16)26(33-7-9-35-10-8-33)31-25(30-23)22-19-4-2-3-17(19)5-6-21(22)28/h2,4-6,11-12,18H,3,7-10,13-15H2,1H3. The second kappa shape index (κ2) is 8.85. The summed E-state index contributed by atoms with van der Waals surface area (Å²) in [6, 6.07) is 5.58. The number of likely N-dealkylation sites (tertiary alicyclic amines) is 1. The Bertz CT molecular complexity index is 1510. The van der Waals surface area contributed by atoms with E-state index in [2.05, 4.69) is 21.9 Å². The predicted octanol–water partition coefficient (Wildman–Crippen LogP) is 4.28. The van der Waals surface area contributed by atoms with Crippen molar-refractivity contribution in [3.05, 3.63) is 53.0 Å². The molecule has 0 saturated carbocycles. The van der Waals surface area contributed by atoms with Gasteiger partial charge in [-0.2, -0.15) is 0 Å². The lowest BCUT2D eigenvalue weighted by Crippen LogP contribution is -2.50. The van der Waals surface area contributed by atoms with Crippen LogP contribution >= 0.6 is 11.3 Å². The van der Waals surface area contributed by atoms with Crippen molar-refractivity contribution in [1.29, 1.82) is 0 Å². The first-order valence-corrected chi connectivity index (χ1v) is 13.1. The Balaban J connectivity index is 1.39. The molecule has 3 aromatic heterocycles. The highest BCUT2D eigenvalue weighted by atomic mass is 32.1. The zero-order valence-electron chi connectivity index (χ0n) is 20.0. The Morgan fingerprint density at radius 2 is 2.06 bits per heavy atom. The lowest BCUT2D eigenvalue weighted by molar-refractivity contribution is -0.0334. The van der Waals surface area contributed by atoms with Crippen LogP contribution in [0, 0.1) is 5.82 Å². The molecule has 2 aliphatic heterocycles. The van der Waals surface area contributed by atoms with Gasteiger partial charge in [0.25, 0.3) is 0 Å². The highest BCUT2D eigenvalue weighted by molar-refractivity contribution is 7.25. The van der Waals surface area contributed by atoms with Crippen LogP contribution in [-0.2, 0) is 22.4 Å². The number of benzene rings is 1. The molecule has 4 aromatic rings. The van der Waals surface area contributed by atoms with E-state index >= 15 is 4.39 Å². The number of pyridine rings is 1. The van der Waals surface area contributed by atoms with Crippen LogP contribution in [0.5, 0.6) is 0 Å². The number of hydrogen-bond donors (Lipinski definition) is 0. The molecular formula is C27H26FN5O2S. The van der Waals surface area contributed by atoms with Crippen LogP contribution in [0.4, 0.5) is 10.2 Å². The van der Waals surface area contributed by atoms with E-state index in [0.29, 0.717) is 30.7 Å². The van der Waals surface area contributed by atoms with Crippen LogP contribution < -0.4 is 4.90 Å². The molecule has 184 valence electrons. The van der Waals surface area contributed by atoms with Crippen molar-refractivity contribution in [2.24, 2.45) is 0 Å². The van der Waals surface area contributed by atoms with Gasteiger partial charge < -0.3 is 14.4 Å². The second-order valence-corrected chi connectivity index (χ2v) is 10.6. The maximum Gasteiger partial charge on any atom is 0.165 e. The van der Waals surface area contributed by atoms with Crippen molar-refractivity contribution in [1.82, 2.24) is 19.9 Å². The van der Waals surface area contributed by atoms with E-state index in [1.54, 1.807) is 18.4 Å². The first kappa shape index (κ1) is 22.2. The van der Waals surface area contributed by atoms with Crippen LogP contribution in [0.25, 0.3) is 37.9 Å². The number of anilines is 1. The summed E-state index contributed by atoms with van der Waals surface area (Å²) >= 11 is 1.61. The number of thiophene rings is 1. The van der Waals surface area contributed by atoms with E-state index in [4.69, 9.17) is 24.4 Å². The summed E-state index contributed by atoms with van der Waals surface area (Å²) in [7, 11) is 1.76. The third-order valence-electron chi connectivity index (χ3n) is 7.31. The van der Waals surface area contributed by atoms with E-state index in [1.807, 2.05) is 18.3 Å². The number of ether oxygens (including phenoxy) is 2. The number of halogens is 1. The minimum absolute atomic E-state index is 0.295. The molecule has 3 aliphatic rings. The quantitative estimate of drug-likeness (QED) is 0.403. The lowest BCUT2D eigenvalue weighted by Gasteiger charge is -2.38. The summed E-state index contributed by atoms with van der Waals surface area (Å²) in [6.45, 7) is 5.44. The van der Waals surface area contributed by atoms with E-state index in [0.717, 1.165) is 82.1 Å². The third kappa shape index (κ3) is 3.69. The van der Waals surface area contributed by atoms with Crippen LogP contribution in [0.15, 0.2) is 30.5 Å². The molecule has 7 nitrogen and oxygen atoms in total. The molecule has 2 saturated heterocycles. The molecule has 0 unspecified atom stereocenters. The van der Waals surface area contributed by atoms with Crippen molar-refractivity contribution >= 4 is 43.7 Å². The first-order valence-electron chi connectivity index (χ1n) is 12.3. The number of aromatic nitrogens is 3. The average Bonchev–Trinajstić information content (AvgIpc) is 3.50. The van der Waals surface area contributed by atoms with Crippen molar-refractivity contribution in [2.75, 3.05) is 51.4 Å². The lowest BCUT2D eigenvalue weighted by atomic mass is 10.0. The maximum absolute atomic E-state index is 15.3. The number of fused-ring (bicyclic) bond motifs is 4. The van der Waals surface area contributed by atoms with Gasteiger partial charge in [0.05, 0.1) is 35.1 Å². The number of allylic oxidation sites excluding steroid dienone is 1. The molecule has 0 spiro atoms. The van der Waals surface area contributed by atoms with Gasteiger partial charge in [-0.3, -0.25) is 4.90 Å². The van der Waals surface area contributed by atoms with Gasteiger partial charge in [-0.1, -0.05) is 18.2 Å². The molecule has 0 amide bonds. The predicted molar refractivity (Wildman–Crippen MR) is 140 cm³/mol. The molecule has 2 fully saturated rings. The molecule has 0 bridgehead atoms. The van der Waals surface area contributed by atoms with Crippen LogP contribution in [-0.4, -0.2) is 72.5 Å². The Labute approximate surface area is 212 Å². The van der Waals surface area contributed by atoms with Crippen molar-refractivity contribution in [2.45, 2.75) is 19.1 Å². The molecule has 9 heteroatoms. The summed E-state index contributed by atoms with van der Waals surface area (Å²) in [6.07, 6.45) is 7.12. The highest BCUT2D eigenvalue weighted by Gasteiger charge is 2.27. The van der Waals surface area contributed by atoms with Gasteiger partial charge >= 0.3 is 0 Å². The minimum Gasteiger partial charge on any atom is -0.379 e. The summed E-state index contributed by atoms with van der Waals surface area (Å²) in [5, 5.41) is 0.998. The second-order valence-electron chi connectivity index (χ2n) is 9.60. The Morgan fingerprint density at radius 3 is 2.89 bits per heavy atom. The number of rotatable bonds is 5. The van der Waals surface area contributed by atoms with Gasteiger partial charge in [0.2, 0.25) is 0 Å². The SMILES string of the molecule is COC1CN(Cc2cnc3sc4c(N5CCOCC5)nc(-c5c(F)ccc6c5C=CC6)nc4c3c2)C1. The fourth-order valence-corrected chi connectivity index (χ4v) is 6.42. The number of nitrogens with zero attached hydrogens (tertiary/aromatic N) is 5. The molecule has 7 rings (SSSR count). The van der Waals surface area contributed by atoms with Gasteiger partial charge in [0.15, 0.2) is 11.6 Å². The minimum atomic E-state index is -0.295. The topological polar surface area (TPSA) is 63.6 Å². The summed E-state index contributed by atoms with van der Waals surface area (Å²) in [5.74, 6) is 0.976. The van der Waals surface area contributed by atoms with E-state index < -0.39 is 0 Å². The molecule has 0 radical (unpaired) electrons. The molecule has 1 aliphatic carbocycles. The van der Waals surface area contributed by atoms with E-state index in [9.17, 15) is 0 Å². The van der Waals surface area contributed by atoms with E-state index in [-0.39, 0.29) is 5.82 Å². The third-order valence-corrected chi connectivity index (χ3v) is 8.41. The van der Waals surface area contributed by atoms with E-state index in [1.165, 1.54) is 6.07 Å². The molecular weight excluding hydrogens is 477 g/mol. The maximum atomic E-state index is 15.3. The van der Waals surface area contributed by atoms with Crippen molar-refractivity contribution in [3.8, 4) is 11.4 Å². The van der Waals surface area contributed by atoms with Gasteiger partial charge in [0, 0.05) is 51.4 Å². The zero-order valence-corrected chi connectivity index (χ0v) is 20.9. The molecule has 36 heavy (non-hydrogen) atoms. The van der Waals surface area contributed by atoms with Crippen LogP contribution in [0.2, 0.25) is 0 Å². The van der Waals surface area contributed by atoms with Crippen molar-refractivity contribution in [3.63, 3.8) is 0 Å². The van der Waals surface area contributed by atoms with Gasteiger partial charge in [-0.25, -0.2) is 19.3 Å². The average molecular weight is 504 g/mol. The Morgan fingerprint density at radius 1 is 1.19 bits per heavy atom. The summed E-state index contributed by atoms with van der Waals surface area (Å²) in [4.78, 5) is 20.3. The van der Waals surface area contributed by atoms with Gasteiger partial charge in [-0.05, 0) is 35.2 Å². The highest BCUT2D eigenvalue weighted by Crippen LogP contribution is 2.40. The fourth-order valence-electron chi connectivity index (χ4n) is 5.34. The van der Waals surface area contributed by atoms with Gasteiger partial charge in [0.1, 0.15) is 10.6 Å². The van der Waals surface area contributed by atoms with Crippen molar-refractivity contribution < 1.29 is 13.9 Å². The summed E-state index contributed by atoms with van der Waals surface area (Å²) < 4.78 is 27.3. The summed E-state index contributed by atoms with van der Waals surface area (Å²) in [5.41, 5.74) is 4.44. The first-order chi connectivity index (χ1) is 17.7. The van der Waals surface area contributed by atoms with Gasteiger partial charge in [-0.15, -0.1) is 11.3 Å². The Hall–Kier alpha value is -2.98. The number of morpholine rings is 1. The largest absolute Gasteiger partial charge is 0.379 e. The number of hydrogen-bond acceptors (Lipinski definition) is 8. The Kier molecular flexibility index (Phi) is 5.46. The van der Waals surface area contributed by atoms with Crippen LogP contribution in [0.3, 0.4) is 0 Å². The molecule has 0 N–H and O–H groups in total. The normalized spacial score (nSPS) is 18.3. The fraction of sp³-hybridized carbons (Fsp3) is 0.370. The number of methoxy groups -OCH3 is 1. The molecule has 0 atom stereocenters. The molecule has 1 aromatic carbocycles. The monoisotopic (exact) mass is 503 g/mol.